The van der Waals surface area contributed by atoms with Crippen LogP contribution in [0.3, 0.4) is 0 Å². The van der Waals surface area contributed by atoms with Crippen LogP contribution >= 0.6 is 27.7 Å². The van der Waals surface area contributed by atoms with E-state index >= 15 is 0 Å². The van der Waals surface area contributed by atoms with Gasteiger partial charge in [0.25, 0.3) is 11.1 Å². The van der Waals surface area contributed by atoms with Crippen LogP contribution in [0.5, 0.6) is 5.75 Å². The zero-order chi connectivity index (χ0) is 20.8. The number of amides is 3. The van der Waals surface area contributed by atoms with Crippen LogP contribution in [0.2, 0.25) is 0 Å². The molecule has 6 nitrogen and oxygen atoms in total. The van der Waals surface area contributed by atoms with Gasteiger partial charge in [0.05, 0.1) is 11.5 Å². The standard InChI is InChI=1S/C21H19BrN2O4S/c1-2-10-28-17-9-8-15(22)11-14(17)12-18-20(26)24(21(27)29-18)13-19(25)23-16-6-4-3-5-7-16/h3-9,11-12H,2,10,13H2,1H3,(H,23,25)/b18-12-. The molecule has 29 heavy (non-hydrogen) atoms. The molecule has 0 saturated carbocycles. The fourth-order valence-electron chi connectivity index (χ4n) is 2.62. The Morgan fingerprint density at radius 1 is 1.21 bits per heavy atom. The lowest BCUT2D eigenvalue weighted by molar-refractivity contribution is -0.127. The van der Waals surface area contributed by atoms with Gasteiger partial charge in [0.2, 0.25) is 5.91 Å². The van der Waals surface area contributed by atoms with Crippen molar-refractivity contribution < 1.29 is 19.1 Å². The van der Waals surface area contributed by atoms with E-state index in [0.717, 1.165) is 27.6 Å². The Labute approximate surface area is 181 Å². The SMILES string of the molecule is CCCOc1ccc(Br)cc1/C=C1\SC(=O)N(CC(=O)Nc2ccccc2)C1=O. The largest absolute Gasteiger partial charge is 0.493 e. The highest BCUT2D eigenvalue weighted by Gasteiger charge is 2.36. The first-order chi connectivity index (χ1) is 14.0. The maximum absolute atomic E-state index is 12.7. The zero-order valence-electron chi connectivity index (χ0n) is 15.7. The zero-order valence-corrected chi connectivity index (χ0v) is 18.1. The predicted octanol–water partition coefficient (Wildman–Crippen LogP) is 4.91. The fraction of sp³-hybridized carbons (Fsp3) is 0.190. The summed E-state index contributed by atoms with van der Waals surface area (Å²) in [6.45, 7) is 2.21. The summed E-state index contributed by atoms with van der Waals surface area (Å²) in [5, 5.41) is 2.20. The van der Waals surface area contributed by atoms with Gasteiger partial charge in [0.1, 0.15) is 12.3 Å². The summed E-state index contributed by atoms with van der Waals surface area (Å²) in [5.41, 5.74) is 1.29. The number of para-hydroxylation sites is 1. The van der Waals surface area contributed by atoms with Gasteiger partial charge < -0.3 is 10.1 Å². The van der Waals surface area contributed by atoms with Crippen molar-refractivity contribution in [2.24, 2.45) is 0 Å². The number of hydrogen-bond acceptors (Lipinski definition) is 5. The smallest absolute Gasteiger partial charge is 0.294 e. The number of nitrogens with one attached hydrogen (secondary N) is 1. The van der Waals surface area contributed by atoms with E-state index in [-0.39, 0.29) is 11.4 Å². The molecule has 0 bridgehead atoms. The average molecular weight is 475 g/mol. The summed E-state index contributed by atoms with van der Waals surface area (Å²) in [4.78, 5) is 38.4. The first-order valence-electron chi connectivity index (χ1n) is 9.00. The molecule has 1 saturated heterocycles. The van der Waals surface area contributed by atoms with Gasteiger partial charge >= 0.3 is 0 Å². The van der Waals surface area contributed by atoms with Crippen LogP contribution in [0.1, 0.15) is 18.9 Å². The number of imide groups is 1. The van der Waals surface area contributed by atoms with E-state index < -0.39 is 17.1 Å². The molecular formula is C21H19BrN2O4S. The van der Waals surface area contributed by atoms with Crippen LogP contribution in [0.25, 0.3) is 6.08 Å². The fourth-order valence-corrected chi connectivity index (χ4v) is 3.83. The van der Waals surface area contributed by atoms with Gasteiger partial charge in [0, 0.05) is 15.7 Å². The summed E-state index contributed by atoms with van der Waals surface area (Å²) in [6, 6.07) is 14.3. The van der Waals surface area contributed by atoms with Gasteiger partial charge in [-0.15, -0.1) is 0 Å². The van der Waals surface area contributed by atoms with Crippen LogP contribution < -0.4 is 10.1 Å². The van der Waals surface area contributed by atoms with Crippen LogP contribution in [-0.2, 0) is 9.59 Å². The number of ether oxygens (including phenoxy) is 1. The van der Waals surface area contributed by atoms with E-state index in [2.05, 4.69) is 21.2 Å². The molecular weight excluding hydrogens is 456 g/mol. The lowest BCUT2D eigenvalue weighted by atomic mass is 10.2. The average Bonchev–Trinajstić information content (AvgIpc) is 2.95. The molecule has 0 spiro atoms. The molecule has 150 valence electrons. The van der Waals surface area contributed by atoms with Crippen molar-refractivity contribution in [1.29, 1.82) is 0 Å². The van der Waals surface area contributed by atoms with E-state index in [1.807, 2.05) is 31.2 Å². The molecule has 8 heteroatoms. The Bertz CT molecular complexity index is 962. The number of halogens is 1. The second-order valence-electron chi connectivity index (χ2n) is 6.21. The van der Waals surface area contributed by atoms with Gasteiger partial charge in [0.15, 0.2) is 0 Å². The first-order valence-corrected chi connectivity index (χ1v) is 10.6. The van der Waals surface area contributed by atoms with E-state index in [4.69, 9.17) is 4.74 Å². The van der Waals surface area contributed by atoms with Crippen molar-refractivity contribution in [3.05, 3.63) is 63.5 Å². The van der Waals surface area contributed by atoms with Gasteiger partial charge in [-0.2, -0.15) is 0 Å². The number of rotatable bonds is 7. The molecule has 2 aromatic rings. The number of benzene rings is 2. The summed E-state index contributed by atoms with van der Waals surface area (Å²) < 4.78 is 6.55. The summed E-state index contributed by atoms with van der Waals surface area (Å²) >= 11 is 4.22. The molecule has 1 heterocycles. The normalized spacial score (nSPS) is 15.1. The first kappa shape index (κ1) is 21.1. The molecule has 0 aliphatic carbocycles. The highest BCUT2D eigenvalue weighted by Crippen LogP contribution is 2.34. The van der Waals surface area contributed by atoms with Gasteiger partial charge in [-0.05, 0) is 54.6 Å². The quantitative estimate of drug-likeness (QED) is 0.576. The minimum atomic E-state index is -0.496. The number of carbonyl (C=O) groups is 3. The molecule has 0 unspecified atom stereocenters. The van der Waals surface area contributed by atoms with Gasteiger partial charge in [-0.3, -0.25) is 19.3 Å². The van der Waals surface area contributed by atoms with Crippen LogP contribution in [0, 0.1) is 0 Å². The van der Waals surface area contributed by atoms with Gasteiger partial charge in [-0.25, -0.2) is 0 Å². The van der Waals surface area contributed by atoms with Gasteiger partial charge in [-0.1, -0.05) is 41.1 Å². The second-order valence-corrected chi connectivity index (χ2v) is 8.12. The number of thioether (sulfide) groups is 1. The summed E-state index contributed by atoms with van der Waals surface area (Å²) in [7, 11) is 0. The summed E-state index contributed by atoms with van der Waals surface area (Å²) in [5.74, 6) is -0.303. The van der Waals surface area contributed by atoms with Crippen molar-refractivity contribution in [3.63, 3.8) is 0 Å². The molecule has 0 radical (unpaired) electrons. The van der Waals surface area contributed by atoms with E-state index in [0.29, 0.717) is 23.6 Å². The van der Waals surface area contributed by atoms with Crippen molar-refractivity contribution in [2.45, 2.75) is 13.3 Å². The molecule has 1 aliphatic rings. The Morgan fingerprint density at radius 2 is 1.97 bits per heavy atom. The third-order valence-electron chi connectivity index (χ3n) is 3.95. The maximum atomic E-state index is 12.7. The van der Waals surface area contributed by atoms with Crippen molar-refractivity contribution in [2.75, 3.05) is 18.5 Å². The third-order valence-corrected chi connectivity index (χ3v) is 5.35. The third kappa shape index (κ3) is 5.48. The van der Waals surface area contributed by atoms with Crippen molar-refractivity contribution in [3.8, 4) is 5.75 Å². The van der Waals surface area contributed by atoms with Crippen molar-refractivity contribution >= 4 is 56.5 Å². The Balaban J connectivity index is 1.75. The number of hydrogen-bond donors (Lipinski definition) is 1. The molecule has 3 amide bonds. The predicted molar refractivity (Wildman–Crippen MR) is 118 cm³/mol. The maximum Gasteiger partial charge on any atom is 0.294 e. The van der Waals surface area contributed by atoms with Crippen LogP contribution in [0.15, 0.2) is 57.9 Å². The molecule has 1 fully saturated rings. The minimum Gasteiger partial charge on any atom is -0.493 e. The minimum absolute atomic E-state index is 0.252. The highest BCUT2D eigenvalue weighted by atomic mass is 79.9. The van der Waals surface area contributed by atoms with E-state index in [9.17, 15) is 14.4 Å². The summed E-state index contributed by atoms with van der Waals surface area (Å²) in [6.07, 6.45) is 2.47. The number of carbonyl (C=O) groups excluding carboxylic acids is 3. The molecule has 0 atom stereocenters. The molecule has 2 aromatic carbocycles. The second kappa shape index (κ2) is 9.76. The molecule has 1 N–H and O–H groups in total. The number of nitrogens with zero attached hydrogens (tertiary/aromatic N) is 1. The van der Waals surface area contributed by atoms with Crippen molar-refractivity contribution in [1.82, 2.24) is 4.90 Å². The van der Waals surface area contributed by atoms with Crippen LogP contribution in [0.4, 0.5) is 10.5 Å². The molecule has 0 aromatic heterocycles. The lowest BCUT2D eigenvalue weighted by Crippen LogP contribution is -2.36. The molecule has 1 aliphatic heterocycles. The topological polar surface area (TPSA) is 75.7 Å². The highest BCUT2D eigenvalue weighted by molar-refractivity contribution is 9.10. The Hall–Kier alpha value is -2.58. The lowest BCUT2D eigenvalue weighted by Gasteiger charge is -2.12. The Morgan fingerprint density at radius 3 is 2.69 bits per heavy atom. The monoisotopic (exact) mass is 474 g/mol. The Kier molecular flexibility index (Phi) is 7.11. The van der Waals surface area contributed by atoms with E-state index in [1.165, 1.54) is 0 Å². The van der Waals surface area contributed by atoms with E-state index in [1.54, 1.807) is 30.3 Å². The number of anilines is 1. The van der Waals surface area contributed by atoms with Crippen LogP contribution in [-0.4, -0.2) is 35.1 Å². The molecule has 3 rings (SSSR count).